The van der Waals surface area contributed by atoms with Gasteiger partial charge in [-0.3, -0.25) is 14.5 Å². The van der Waals surface area contributed by atoms with Gasteiger partial charge in [0.05, 0.1) is 13.7 Å². The van der Waals surface area contributed by atoms with Gasteiger partial charge >= 0.3 is 12.6 Å². The zero-order valence-electron chi connectivity index (χ0n) is 13.1. The van der Waals surface area contributed by atoms with E-state index >= 15 is 0 Å². The summed E-state index contributed by atoms with van der Waals surface area (Å²) in [5.41, 5.74) is 0.634. The molecule has 0 bridgehead atoms. The second kappa shape index (κ2) is 10.6. The zero-order chi connectivity index (χ0) is 17.4. The third kappa shape index (κ3) is 7.93. The molecule has 0 aliphatic rings. The van der Waals surface area contributed by atoms with Gasteiger partial charge in [0.15, 0.2) is 11.5 Å². The molecule has 1 amide bonds. The van der Waals surface area contributed by atoms with Gasteiger partial charge in [0.1, 0.15) is 6.54 Å². The van der Waals surface area contributed by atoms with E-state index in [4.69, 9.17) is 9.84 Å². The molecule has 0 aromatic heterocycles. The molecule has 7 nitrogen and oxygen atoms in total. The summed E-state index contributed by atoms with van der Waals surface area (Å²) in [5.74, 6) is -1.50. The number of hydrogen-bond donors (Lipinski definition) is 2. The predicted molar refractivity (Wildman–Crippen MR) is 83.9 cm³/mol. The number of alkyl halides is 2. The lowest BCUT2D eigenvalue weighted by molar-refractivity contribution is -0.138. The third-order valence-corrected chi connectivity index (χ3v) is 2.75. The SMILES string of the molecule is COc1ccc(CN(C)CC(=O)NCC(=O)O)cc1OC(F)F.Cl. The van der Waals surface area contributed by atoms with Crippen molar-refractivity contribution in [2.75, 3.05) is 27.2 Å². The van der Waals surface area contributed by atoms with Crippen LogP contribution in [0.2, 0.25) is 0 Å². The fourth-order valence-electron chi connectivity index (χ4n) is 1.85. The quantitative estimate of drug-likeness (QED) is 0.684. The number of carbonyl (C=O) groups is 2. The maximum Gasteiger partial charge on any atom is 0.387 e. The Kier molecular flexibility index (Phi) is 9.67. The van der Waals surface area contributed by atoms with Crippen molar-refractivity contribution in [3.05, 3.63) is 23.8 Å². The molecule has 0 saturated heterocycles. The number of benzene rings is 1. The molecule has 1 rings (SSSR count). The van der Waals surface area contributed by atoms with E-state index in [1.165, 1.54) is 19.2 Å². The Morgan fingerprint density at radius 3 is 2.54 bits per heavy atom. The Morgan fingerprint density at radius 1 is 1.33 bits per heavy atom. The number of hydrogen-bond acceptors (Lipinski definition) is 5. The van der Waals surface area contributed by atoms with E-state index in [9.17, 15) is 18.4 Å². The number of methoxy groups -OCH3 is 1. The average molecular weight is 369 g/mol. The van der Waals surface area contributed by atoms with Crippen LogP contribution in [-0.2, 0) is 16.1 Å². The molecule has 136 valence electrons. The zero-order valence-corrected chi connectivity index (χ0v) is 13.9. The van der Waals surface area contributed by atoms with Crippen molar-refractivity contribution in [2.24, 2.45) is 0 Å². The normalized spacial score (nSPS) is 10.2. The van der Waals surface area contributed by atoms with Crippen LogP contribution in [0.3, 0.4) is 0 Å². The van der Waals surface area contributed by atoms with Crippen LogP contribution in [0.25, 0.3) is 0 Å². The minimum atomic E-state index is -2.97. The molecule has 10 heteroatoms. The maximum absolute atomic E-state index is 12.4. The lowest BCUT2D eigenvalue weighted by atomic mass is 10.2. The van der Waals surface area contributed by atoms with Crippen molar-refractivity contribution in [3.63, 3.8) is 0 Å². The lowest BCUT2D eigenvalue weighted by Crippen LogP contribution is -2.37. The van der Waals surface area contributed by atoms with E-state index in [2.05, 4.69) is 10.1 Å². The van der Waals surface area contributed by atoms with Gasteiger partial charge < -0.3 is 19.9 Å². The Bertz CT molecular complexity index is 560. The summed E-state index contributed by atoms with van der Waals surface area (Å²) in [6.45, 7) is -3.19. The van der Waals surface area contributed by atoms with Crippen molar-refractivity contribution in [1.29, 1.82) is 0 Å². The highest BCUT2D eigenvalue weighted by Gasteiger charge is 2.13. The van der Waals surface area contributed by atoms with Gasteiger partial charge in [0.25, 0.3) is 0 Å². The summed E-state index contributed by atoms with van der Waals surface area (Å²) in [5, 5.41) is 10.7. The first kappa shape index (κ1) is 21.9. The summed E-state index contributed by atoms with van der Waals surface area (Å²) in [6, 6.07) is 4.55. The van der Waals surface area contributed by atoms with Crippen molar-refractivity contribution in [3.8, 4) is 11.5 Å². The first-order chi connectivity index (χ1) is 10.8. The number of halogens is 3. The van der Waals surface area contributed by atoms with Gasteiger partial charge in [-0.15, -0.1) is 12.4 Å². The number of rotatable bonds is 9. The highest BCUT2D eigenvalue weighted by atomic mass is 35.5. The monoisotopic (exact) mass is 368 g/mol. The Hall–Kier alpha value is -2.13. The van der Waals surface area contributed by atoms with Crippen molar-refractivity contribution < 1.29 is 33.0 Å². The maximum atomic E-state index is 12.4. The number of aliphatic carboxylic acids is 1. The molecule has 0 saturated carbocycles. The van der Waals surface area contributed by atoms with Crippen molar-refractivity contribution in [1.82, 2.24) is 10.2 Å². The van der Waals surface area contributed by atoms with Gasteiger partial charge in [-0.25, -0.2) is 0 Å². The molecule has 0 unspecified atom stereocenters. The van der Waals surface area contributed by atoms with Crippen LogP contribution < -0.4 is 14.8 Å². The van der Waals surface area contributed by atoms with Gasteiger partial charge in [0.2, 0.25) is 5.91 Å². The number of nitrogens with one attached hydrogen (secondary N) is 1. The molecule has 0 spiro atoms. The van der Waals surface area contributed by atoms with E-state index in [0.29, 0.717) is 5.56 Å². The largest absolute Gasteiger partial charge is 0.493 e. The fraction of sp³-hybridized carbons (Fsp3) is 0.429. The van der Waals surface area contributed by atoms with Gasteiger partial charge in [0, 0.05) is 6.54 Å². The number of likely N-dealkylation sites (N-methyl/N-ethyl adjacent to an activating group) is 1. The minimum absolute atomic E-state index is 0. The predicted octanol–water partition coefficient (Wildman–Crippen LogP) is 1.35. The lowest BCUT2D eigenvalue weighted by Gasteiger charge is -2.17. The van der Waals surface area contributed by atoms with Gasteiger partial charge in [-0.1, -0.05) is 6.07 Å². The molecule has 0 atom stereocenters. The molecular weight excluding hydrogens is 350 g/mol. The third-order valence-electron chi connectivity index (χ3n) is 2.75. The summed E-state index contributed by atoms with van der Waals surface area (Å²) >= 11 is 0. The first-order valence-corrected chi connectivity index (χ1v) is 6.60. The smallest absolute Gasteiger partial charge is 0.387 e. The van der Waals surface area contributed by atoms with Crippen LogP contribution in [-0.4, -0.2) is 55.7 Å². The Labute approximate surface area is 143 Å². The molecule has 2 N–H and O–H groups in total. The van der Waals surface area contributed by atoms with E-state index < -0.39 is 25.0 Å². The molecule has 24 heavy (non-hydrogen) atoms. The van der Waals surface area contributed by atoms with E-state index in [0.717, 1.165) is 0 Å². The summed E-state index contributed by atoms with van der Waals surface area (Å²) < 4.78 is 34.0. The van der Waals surface area contributed by atoms with Crippen LogP contribution in [0.15, 0.2) is 18.2 Å². The van der Waals surface area contributed by atoms with E-state index in [1.54, 1.807) is 18.0 Å². The molecular formula is C14H19ClF2N2O5. The second-order valence-corrected chi connectivity index (χ2v) is 4.71. The number of carbonyl (C=O) groups excluding carboxylic acids is 1. The Morgan fingerprint density at radius 2 is 2.00 bits per heavy atom. The molecule has 0 heterocycles. The van der Waals surface area contributed by atoms with Gasteiger partial charge in [-0.05, 0) is 24.7 Å². The van der Waals surface area contributed by atoms with Crippen LogP contribution >= 0.6 is 12.4 Å². The fourth-order valence-corrected chi connectivity index (χ4v) is 1.85. The van der Waals surface area contributed by atoms with Crippen molar-refractivity contribution in [2.45, 2.75) is 13.2 Å². The standard InChI is InChI=1S/C14H18F2N2O5.ClH/c1-18(8-12(19)17-6-13(20)21)7-9-3-4-10(22-2)11(5-9)23-14(15)16;/h3-5,14H,6-8H2,1-2H3,(H,17,19)(H,20,21);1H. The number of ether oxygens (including phenoxy) is 2. The highest BCUT2D eigenvalue weighted by molar-refractivity contribution is 5.85. The second-order valence-electron chi connectivity index (χ2n) is 4.71. The summed E-state index contributed by atoms with van der Waals surface area (Å²) in [7, 11) is 2.98. The molecule has 0 fully saturated rings. The van der Waals surface area contributed by atoms with Crippen LogP contribution in [0.1, 0.15) is 5.56 Å². The first-order valence-electron chi connectivity index (χ1n) is 6.60. The highest BCUT2D eigenvalue weighted by Crippen LogP contribution is 2.29. The topological polar surface area (TPSA) is 88.1 Å². The molecule has 0 aliphatic heterocycles. The van der Waals surface area contributed by atoms with Crippen LogP contribution in [0, 0.1) is 0 Å². The number of amides is 1. The number of carboxylic acids is 1. The average Bonchev–Trinajstić information content (AvgIpc) is 2.44. The van der Waals surface area contributed by atoms with Crippen LogP contribution in [0.5, 0.6) is 11.5 Å². The molecule has 0 radical (unpaired) electrons. The van der Waals surface area contributed by atoms with Gasteiger partial charge in [-0.2, -0.15) is 8.78 Å². The minimum Gasteiger partial charge on any atom is -0.493 e. The van der Waals surface area contributed by atoms with Crippen molar-refractivity contribution >= 4 is 24.3 Å². The summed E-state index contributed by atoms with van der Waals surface area (Å²) in [4.78, 5) is 23.5. The number of carboxylic acid groups (broad SMARTS) is 1. The molecule has 1 aromatic rings. The van der Waals surface area contributed by atoms with Crippen LogP contribution in [0.4, 0.5) is 8.78 Å². The van der Waals surface area contributed by atoms with E-state index in [-0.39, 0.29) is 37.0 Å². The Balaban J connectivity index is 0.00000529. The molecule has 0 aliphatic carbocycles. The molecule has 1 aromatic carbocycles. The number of nitrogens with zero attached hydrogens (tertiary/aromatic N) is 1. The summed E-state index contributed by atoms with van der Waals surface area (Å²) in [6.07, 6.45) is 0. The van der Waals surface area contributed by atoms with E-state index in [1.807, 2.05) is 0 Å².